The Morgan fingerprint density at radius 2 is 1.90 bits per heavy atom. The van der Waals surface area contributed by atoms with Gasteiger partial charge < -0.3 is 4.74 Å². The topological polar surface area (TPSA) is 39.2 Å². The third-order valence-corrected chi connectivity index (χ3v) is 2.89. The first-order valence-corrected chi connectivity index (χ1v) is 6.44. The largest absolute Gasteiger partial charge is 0.482 e. The summed E-state index contributed by atoms with van der Waals surface area (Å²) in [6.45, 7) is 3.81. The van der Waals surface area contributed by atoms with Crippen LogP contribution in [0.2, 0.25) is 0 Å². The van der Waals surface area contributed by atoms with Crippen molar-refractivity contribution in [2.45, 2.75) is 20.0 Å². The molecule has 20 heavy (non-hydrogen) atoms. The first-order chi connectivity index (χ1) is 9.58. The molecule has 0 saturated carbocycles. The van der Waals surface area contributed by atoms with Gasteiger partial charge in [0.05, 0.1) is 0 Å². The van der Waals surface area contributed by atoms with Crippen LogP contribution in [0.4, 0.5) is 4.39 Å². The van der Waals surface area contributed by atoms with E-state index >= 15 is 0 Å². The van der Waals surface area contributed by atoms with Gasteiger partial charge in [-0.2, -0.15) is 0 Å². The number of Topliss-reactive ketones (excluding diaryl/α,β-unsaturated/α-hetero) is 1. The van der Waals surface area contributed by atoms with Gasteiger partial charge in [0, 0.05) is 18.0 Å². The number of rotatable bonds is 5. The van der Waals surface area contributed by atoms with Crippen molar-refractivity contribution < 1.29 is 13.9 Å². The quantitative estimate of drug-likeness (QED) is 0.783. The average molecular weight is 273 g/mol. The molecule has 0 spiro atoms. The standard InChI is InChI=1S/C16H16FNO2/c1-11(2)16(15(19)12-4-3-9-18-10-12)20-14-7-5-13(17)6-8-14/h3-11,16H,1-2H3. The van der Waals surface area contributed by atoms with Crippen LogP contribution in [-0.2, 0) is 0 Å². The molecule has 0 aliphatic heterocycles. The van der Waals surface area contributed by atoms with Gasteiger partial charge in [-0.15, -0.1) is 0 Å². The molecule has 2 rings (SSSR count). The second kappa shape index (κ2) is 6.28. The van der Waals surface area contributed by atoms with Gasteiger partial charge in [-0.25, -0.2) is 4.39 Å². The fourth-order valence-corrected chi connectivity index (χ4v) is 1.82. The molecular formula is C16H16FNO2. The fourth-order valence-electron chi connectivity index (χ4n) is 1.82. The Morgan fingerprint density at radius 1 is 1.20 bits per heavy atom. The number of nitrogens with zero attached hydrogens (tertiary/aromatic N) is 1. The summed E-state index contributed by atoms with van der Waals surface area (Å²) < 4.78 is 18.6. The van der Waals surface area contributed by atoms with Crippen molar-refractivity contribution in [2.24, 2.45) is 5.92 Å². The van der Waals surface area contributed by atoms with Crippen molar-refractivity contribution in [2.75, 3.05) is 0 Å². The zero-order valence-corrected chi connectivity index (χ0v) is 11.4. The van der Waals surface area contributed by atoms with E-state index in [4.69, 9.17) is 4.74 Å². The minimum atomic E-state index is -0.621. The van der Waals surface area contributed by atoms with Crippen LogP contribution in [-0.4, -0.2) is 16.9 Å². The van der Waals surface area contributed by atoms with Crippen LogP contribution in [0.3, 0.4) is 0 Å². The number of carbonyl (C=O) groups excluding carboxylic acids is 1. The zero-order valence-electron chi connectivity index (χ0n) is 11.4. The molecule has 0 fully saturated rings. The smallest absolute Gasteiger partial charge is 0.205 e. The van der Waals surface area contributed by atoms with Gasteiger partial charge in [-0.05, 0) is 42.3 Å². The summed E-state index contributed by atoms with van der Waals surface area (Å²) >= 11 is 0. The molecule has 1 heterocycles. The maximum atomic E-state index is 12.9. The Hall–Kier alpha value is -2.23. The first-order valence-electron chi connectivity index (χ1n) is 6.44. The van der Waals surface area contributed by atoms with Crippen LogP contribution < -0.4 is 4.74 Å². The van der Waals surface area contributed by atoms with Crippen LogP contribution in [0, 0.1) is 11.7 Å². The number of pyridine rings is 1. The number of ketones is 1. The molecule has 0 radical (unpaired) electrons. The van der Waals surface area contributed by atoms with Gasteiger partial charge in [0.1, 0.15) is 11.6 Å². The summed E-state index contributed by atoms with van der Waals surface area (Å²) in [7, 11) is 0. The highest BCUT2D eigenvalue weighted by molar-refractivity contribution is 5.99. The molecule has 1 aromatic carbocycles. The molecule has 1 atom stereocenters. The van der Waals surface area contributed by atoms with Crippen LogP contribution in [0.1, 0.15) is 24.2 Å². The number of hydrogen-bond donors (Lipinski definition) is 0. The summed E-state index contributed by atoms with van der Waals surface area (Å²) in [4.78, 5) is 16.4. The van der Waals surface area contributed by atoms with Gasteiger partial charge in [0.15, 0.2) is 6.10 Å². The Labute approximate surface area is 117 Å². The van der Waals surface area contributed by atoms with Gasteiger partial charge in [0.25, 0.3) is 0 Å². The maximum Gasteiger partial charge on any atom is 0.205 e. The number of carbonyl (C=O) groups is 1. The molecule has 104 valence electrons. The van der Waals surface area contributed by atoms with Gasteiger partial charge in [0.2, 0.25) is 5.78 Å². The number of hydrogen-bond acceptors (Lipinski definition) is 3. The van der Waals surface area contributed by atoms with E-state index < -0.39 is 6.10 Å². The van der Waals surface area contributed by atoms with E-state index in [2.05, 4.69) is 4.98 Å². The highest BCUT2D eigenvalue weighted by atomic mass is 19.1. The van der Waals surface area contributed by atoms with E-state index in [-0.39, 0.29) is 17.5 Å². The van der Waals surface area contributed by atoms with Gasteiger partial charge >= 0.3 is 0 Å². The van der Waals surface area contributed by atoms with Crippen LogP contribution in [0.25, 0.3) is 0 Å². The molecule has 3 nitrogen and oxygen atoms in total. The van der Waals surface area contributed by atoms with E-state index in [1.807, 2.05) is 13.8 Å². The van der Waals surface area contributed by atoms with E-state index in [1.54, 1.807) is 18.3 Å². The second-order valence-corrected chi connectivity index (χ2v) is 4.84. The molecule has 4 heteroatoms. The summed E-state index contributed by atoms with van der Waals surface area (Å²) in [6.07, 6.45) is 2.51. The summed E-state index contributed by atoms with van der Waals surface area (Å²) in [5.41, 5.74) is 0.508. The minimum Gasteiger partial charge on any atom is -0.482 e. The molecule has 0 aliphatic rings. The van der Waals surface area contributed by atoms with Gasteiger partial charge in [-0.1, -0.05) is 13.8 Å². The fraction of sp³-hybridized carbons (Fsp3) is 0.250. The maximum absolute atomic E-state index is 12.9. The van der Waals surface area contributed by atoms with Crippen LogP contribution >= 0.6 is 0 Å². The van der Waals surface area contributed by atoms with E-state index in [9.17, 15) is 9.18 Å². The zero-order chi connectivity index (χ0) is 14.5. The molecule has 0 bridgehead atoms. The number of aromatic nitrogens is 1. The minimum absolute atomic E-state index is 0.00670. The van der Waals surface area contributed by atoms with Gasteiger partial charge in [-0.3, -0.25) is 9.78 Å². The molecule has 0 N–H and O–H groups in total. The Balaban J connectivity index is 2.19. The molecule has 0 aliphatic carbocycles. The monoisotopic (exact) mass is 273 g/mol. The number of ether oxygens (including phenoxy) is 1. The van der Waals surface area contributed by atoms with Crippen molar-refractivity contribution in [3.8, 4) is 5.75 Å². The molecule has 0 amide bonds. The lowest BCUT2D eigenvalue weighted by Crippen LogP contribution is -2.32. The van der Waals surface area contributed by atoms with Crippen LogP contribution in [0.15, 0.2) is 48.8 Å². The molecular weight excluding hydrogens is 257 g/mol. The normalized spacial score (nSPS) is 12.2. The highest BCUT2D eigenvalue weighted by Crippen LogP contribution is 2.19. The first kappa shape index (κ1) is 14.2. The number of benzene rings is 1. The molecule has 2 aromatic rings. The molecule has 1 aromatic heterocycles. The lowest BCUT2D eigenvalue weighted by Gasteiger charge is -2.21. The van der Waals surface area contributed by atoms with E-state index in [0.717, 1.165) is 0 Å². The Kier molecular flexibility index (Phi) is 4.45. The molecule has 0 saturated heterocycles. The van der Waals surface area contributed by atoms with Crippen molar-refractivity contribution in [1.29, 1.82) is 0 Å². The lowest BCUT2D eigenvalue weighted by molar-refractivity contribution is 0.0711. The van der Waals surface area contributed by atoms with Crippen LogP contribution in [0.5, 0.6) is 5.75 Å². The van der Waals surface area contributed by atoms with E-state index in [1.165, 1.54) is 30.5 Å². The second-order valence-electron chi connectivity index (χ2n) is 4.84. The van der Waals surface area contributed by atoms with E-state index in [0.29, 0.717) is 11.3 Å². The highest BCUT2D eigenvalue weighted by Gasteiger charge is 2.25. The predicted octanol–water partition coefficient (Wildman–Crippen LogP) is 3.51. The van der Waals surface area contributed by atoms with Crippen molar-refractivity contribution in [1.82, 2.24) is 4.98 Å². The Morgan fingerprint density at radius 3 is 2.45 bits per heavy atom. The third kappa shape index (κ3) is 3.41. The van der Waals surface area contributed by atoms with Crippen molar-refractivity contribution >= 4 is 5.78 Å². The Bertz CT molecular complexity index is 567. The SMILES string of the molecule is CC(C)C(Oc1ccc(F)cc1)C(=O)c1cccnc1. The third-order valence-electron chi connectivity index (χ3n) is 2.89. The summed E-state index contributed by atoms with van der Waals surface area (Å²) in [6, 6.07) is 9.06. The average Bonchev–Trinajstić information content (AvgIpc) is 2.46. The molecule has 1 unspecified atom stereocenters. The number of halogens is 1. The summed E-state index contributed by atoms with van der Waals surface area (Å²) in [5, 5.41) is 0. The summed E-state index contributed by atoms with van der Waals surface area (Å²) in [5.74, 6) is 0.00422. The predicted molar refractivity (Wildman–Crippen MR) is 74.2 cm³/mol. The van der Waals surface area contributed by atoms with Crippen molar-refractivity contribution in [3.63, 3.8) is 0 Å². The van der Waals surface area contributed by atoms with Crippen molar-refractivity contribution in [3.05, 3.63) is 60.2 Å². The lowest BCUT2D eigenvalue weighted by atomic mass is 9.98.